The molecule has 37 heavy (non-hydrogen) atoms. The molecule has 2 aromatic heterocycles. The summed E-state index contributed by atoms with van der Waals surface area (Å²) in [5.74, 6) is -0.289. The van der Waals surface area contributed by atoms with Gasteiger partial charge in [-0.2, -0.15) is 0 Å². The maximum absolute atomic E-state index is 13.4. The van der Waals surface area contributed by atoms with E-state index in [1.165, 1.54) is 43.4 Å². The standard InChI is InChI=1S/C26H27N5O4S2/c1-26(2,3)17-10-19(22(35-4)20(11-17)31-37(5)34)30-25(33)21-9-15-7-6-8-18(23(15)36-21)29-24(32)16-12-27-14-28-13-16/h6-14,31H,1-5H3,(H,29,32)(H,30,33). The van der Waals surface area contributed by atoms with Crippen LogP contribution >= 0.6 is 11.3 Å². The molecule has 0 radical (unpaired) electrons. The molecular weight excluding hydrogens is 510 g/mol. The predicted molar refractivity (Wildman–Crippen MR) is 149 cm³/mol. The molecule has 0 aliphatic carbocycles. The van der Waals surface area contributed by atoms with Crippen LogP contribution in [0.5, 0.6) is 5.75 Å². The number of aromatic nitrogens is 2. The Morgan fingerprint density at radius 3 is 2.32 bits per heavy atom. The van der Waals surface area contributed by atoms with Crippen LogP contribution in [0.4, 0.5) is 17.1 Å². The topological polar surface area (TPSA) is 128 Å². The summed E-state index contributed by atoms with van der Waals surface area (Å²) in [6, 6.07) is 11.0. The van der Waals surface area contributed by atoms with E-state index < -0.39 is 11.4 Å². The first-order chi connectivity index (χ1) is 17.6. The summed E-state index contributed by atoms with van der Waals surface area (Å²) in [6.45, 7) is 6.16. The van der Waals surface area contributed by atoms with Crippen LogP contribution in [0.25, 0.3) is 10.1 Å². The molecule has 2 amide bonds. The van der Waals surface area contributed by atoms with Gasteiger partial charge in [-0.3, -0.25) is 9.59 Å². The van der Waals surface area contributed by atoms with Gasteiger partial charge in [0.2, 0.25) is 0 Å². The van der Waals surface area contributed by atoms with Crippen LogP contribution in [-0.2, 0) is 16.8 Å². The lowest BCUT2D eigenvalue weighted by Crippen LogP contribution is -2.18. The minimum atomic E-state index is -1.34. The Bertz CT molecular complexity index is 1450. The number of anilines is 3. The van der Waals surface area contributed by atoms with Crippen LogP contribution in [0, 0.1) is 0 Å². The number of hydrogen-bond acceptors (Lipinski definition) is 8. The zero-order chi connectivity index (χ0) is 26.7. The number of methoxy groups -OCH3 is 1. The third-order valence-corrected chi connectivity index (χ3v) is 7.19. The van der Waals surface area contributed by atoms with Gasteiger partial charge in [-0.1, -0.05) is 32.9 Å². The van der Waals surface area contributed by atoms with E-state index in [0.29, 0.717) is 33.3 Å². The molecule has 4 aromatic rings. The van der Waals surface area contributed by atoms with Crippen LogP contribution in [-0.4, -0.2) is 39.7 Å². The summed E-state index contributed by atoms with van der Waals surface area (Å²) >= 11 is -0.0722. The molecule has 0 aliphatic rings. The lowest BCUT2D eigenvalue weighted by Gasteiger charge is -2.23. The van der Waals surface area contributed by atoms with E-state index in [1.54, 1.807) is 12.1 Å². The maximum Gasteiger partial charge on any atom is 0.265 e. The Hall–Kier alpha value is -3.67. The number of carbonyl (C=O) groups excluding carboxylic acids is 2. The van der Waals surface area contributed by atoms with Gasteiger partial charge < -0.3 is 19.9 Å². The quantitative estimate of drug-likeness (QED) is 0.276. The lowest BCUT2D eigenvalue weighted by molar-refractivity contribution is 0.102. The van der Waals surface area contributed by atoms with Gasteiger partial charge in [0.1, 0.15) is 18.3 Å². The van der Waals surface area contributed by atoms with Crippen molar-refractivity contribution in [1.29, 1.82) is 0 Å². The van der Waals surface area contributed by atoms with Gasteiger partial charge in [0.15, 0.2) is 5.75 Å². The van der Waals surface area contributed by atoms with Crippen LogP contribution in [0.1, 0.15) is 46.4 Å². The van der Waals surface area contributed by atoms with Crippen LogP contribution in [0.3, 0.4) is 0 Å². The number of hydrogen-bond donors (Lipinski definition) is 3. The van der Waals surface area contributed by atoms with Gasteiger partial charge in [-0.25, -0.2) is 14.7 Å². The average Bonchev–Trinajstić information content (AvgIpc) is 3.29. The first-order valence-corrected chi connectivity index (χ1v) is 13.7. The fourth-order valence-corrected chi connectivity index (χ4v) is 5.16. The average molecular weight is 538 g/mol. The van der Waals surface area contributed by atoms with Crippen molar-refractivity contribution in [3.05, 3.63) is 71.1 Å². The third-order valence-electron chi connectivity index (χ3n) is 5.50. The van der Waals surface area contributed by atoms with Gasteiger partial charge >= 0.3 is 0 Å². The zero-order valence-corrected chi connectivity index (χ0v) is 22.7. The Labute approximate surface area is 222 Å². The maximum atomic E-state index is 13.4. The largest absolute Gasteiger partial charge is 0.593 e. The number of benzene rings is 2. The summed E-state index contributed by atoms with van der Waals surface area (Å²) in [6.07, 6.45) is 5.76. The second kappa shape index (κ2) is 10.8. The molecule has 0 fully saturated rings. The number of nitrogens with zero attached hydrogens (tertiary/aromatic N) is 2. The van der Waals surface area contributed by atoms with E-state index in [-0.39, 0.29) is 17.2 Å². The molecule has 192 valence electrons. The molecular formula is C26H27N5O4S2. The number of ether oxygens (including phenoxy) is 1. The van der Waals surface area contributed by atoms with Crippen molar-refractivity contribution in [2.24, 2.45) is 0 Å². The van der Waals surface area contributed by atoms with E-state index in [0.717, 1.165) is 15.6 Å². The highest BCUT2D eigenvalue weighted by molar-refractivity contribution is 7.92. The van der Waals surface area contributed by atoms with E-state index in [9.17, 15) is 14.1 Å². The monoisotopic (exact) mass is 537 g/mol. The summed E-state index contributed by atoms with van der Waals surface area (Å²) in [5.41, 5.74) is 2.60. The smallest absolute Gasteiger partial charge is 0.265 e. The Balaban J connectivity index is 1.66. The number of nitrogens with one attached hydrogen (secondary N) is 3. The molecule has 0 saturated heterocycles. The molecule has 3 N–H and O–H groups in total. The summed E-state index contributed by atoms with van der Waals surface area (Å²) in [4.78, 5) is 34.2. The van der Waals surface area contributed by atoms with Crippen LogP contribution in [0.2, 0.25) is 0 Å². The van der Waals surface area contributed by atoms with Crippen molar-refractivity contribution in [3.63, 3.8) is 0 Å². The second-order valence-electron chi connectivity index (χ2n) is 9.28. The molecule has 2 heterocycles. The van der Waals surface area contributed by atoms with E-state index in [2.05, 4.69) is 46.1 Å². The molecule has 0 bridgehead atoms. The Kier molecular flexibility index (Phi) is 7.67. The normalized spacial score (nSPS) is 12.2. The molecule has 9 nitrogen and oxygen atoms in total. The van der Waals surface area contributed by atoms with Crippen molar-refractivity contribution in [2.45, 2.75) is 26.2 Å². The Morgan fingerprint density at radius 1 is 1.00 bits per heavy atom. The molecule has 11 heteroatoms. The number of rotatable bonds is 7. The van der Waals surface area contributed by atoms with Gasteiger partial charge in [-0.15, -0.1) is 11.3 Å². The van der Waals surface area contributed by atoms with E-state index >= 15 is 0 Å². The van der Waals surface area contributed by atoms with Crippen molar-refractivity contribution in [3.8, 4) is 5.75 Å². The number of fused-ring (bicyclic) bond motifs is 1. The van der Waals surface area contributed by atoms with Gasteiger partial charge in [0.25, 0.3) is 11.8 Å². The summed E-state index contributed by atoms with van der Waals surface area (Å²) in [7, 11) is 1.50. The van der Waals surface area contributed by atoms with Crippen molar-refractivity contribution in [1.82, 2.24) is 9.97 Å². The minimum Gasteiger partial charge on any atom is -0.593 e. The van der Waals surface area contributed by atoms with Crippen LogP contribution < -0.4 is 20.1 Å². The summed E-state index contributed by atoms with van der Waals surface area (Å²) in [5, 5.41) is 6.64. The third kappa shape index (κ3) is 6.01. The highest BCUT2D eigenvalue weighted by Gasteiger charge is 2.23. The SMILES string of the molecule is COc1c(NC(=O)c2cc3cccc(NC(=O)c4cncnc4)c3s2)cc(C(C)(C)C)cc1N[S+](C)[O-]. The minimum absolute atomic E-state index is 0.230. The van der Waals surface area contributed by atoms with Gasteiger partial charge in [-0.05, 0) is 40.6 Å². The number of thiophene rings is 1. The first-order valence-electron chi connectivity index (χ1n) is 11.3. The van der Waals surface area contributed by atoms with Crippen molar-refractivity contribution in [2.75, 3.05) is 28.7 Å². The van der Waals surface area contributed by atoms with Gasteiger partial charge in [0, 0.05) is 12.4 Å². The second-order valence-corrected chi connectivity index (χ2v) is 11.4. The molecule has 0 spiro atoms. The highest BCUT2D eigenvalue weighted by Crippen LogP contribution is 2.40. The number of amides is 2. The molecule has 2 aromatic carbocycles. The molecule has 4 rings (SSSR count). The Morgan fingerprint density at radius 2 is 1.68 bits per heavy atom. The zero-order valence-electron chi connectivity index (χ0n) is 21.0. The van der Waals surface area contributed by atoms with Crippen molar-refractivity contribution < 1.29 is 18.9 Å². The number of carbonyl (C=O) groups is 2. The fraction of sp³-hybridized carbons (Fsp3) is 0.231. The predicted octanol–water partition coefficient (Wildman–Crippen LogP) is 5.21. The van der Waals surface area contributed by atoms with Crippen molar-refractivity contribution >= 4 is 61.7 Å². The summed E-state index contributed by atoms with van der Waals surface area (Å²) < 4.78 is 21.2. The molecule has 1 atom stereocenters. The molecule has 0 aliphatic heterocycles. The van der Waals surface area contributed by atoms with Crippen LogP contribution in [0.15, 0.2) is 55.1 Å². The highest BCUT2D eigenvalue weighted by atomic mass is 32.2. The van der Waals surface area contributed by atoms with E-state index in [1.807, 2.05) is 24.3 Å². The molecule has 1 unspecified atom stereocenters. The fourth-order valence-electron chi connectivity index (χ4n) is 3.67. The van der Waals surface area contributed by atoms with E-state index in [4.69, 9.17) is 4.74 Å². The first kappa shape index (κ1) is 26.4. The lowest BCUT2D eigenvalue weighted by atomic mass is 9.86. The van der Waals surface area contributed by atoms with Gasteiger partial charge in [0.05, 0.1) is 45.0 Å². The molecule has 0 saturated carbocycles.